The highest BCUT2D eigenvalue weighted by molar-refractivity contribution is 7.80. The Hall–Kier alpha value is -1.20. The molecule has 1 aromatic heterocycles. The number of hydrogen-bond acceptors (Lipinski definition) is 4. The molecule has 1 aliphatic rings. The van der Waals surface area contributed by atoms with Crippen LogP contribution in [0, 0.1) is 6.92 Å². The van der Waals surface area contributed by atoms with Crippen molar-refractivity contribution in [3.8, 4) is 0 Å². The van der Waals surface area contributed by atoms with Crippen molar-refractivity contribution in [1.29, 1.82) is 0 Å². The van der Waals surface area contributed by atoms with Gasteiger partial charge in [0, 0.05) is 31.0 Å². The summed E-state index contributed by atoms with van der Waals surface area (Å²) in [5.41, 5.74) is 7.52. The van der Waals surface area contributed by atoms with Crippen molar-refractivity contribution in [2.45, 2.75) is 26.4 Å². The van der Waals surface area contributed by atoms with Crippen LogP contribution in [0.5, 0.6) is 0 Å². The van der Waals surface area contributed by atoms with E-state index in [9.17, 15) is 0 Å². The number of nitrogens with two attached hydrogens (primary N) is 1. The molecule has 0 bridgehead atoms. The highest BCUT2D eigenvalue weighted by Crippen LogP contribution is 2.18. The van der Waals surface area contributed by atoms with Gasteiger partial charge in [-0.15, -0.1) is 0 Å². The van der Waals surface area contributed by atoms with E-state index < -0.39 is 0 Å². The van der Waals surface area contributed by atoms with E-state index in [-0.39, 0.29) is 6.10 Å². The summed E-state index contributed by atoms with van der Waals surface area (Å²) in [5, 5.41) is 0. The van der Waals surface area contributed by atoms with E-state index >= 15 is 0 Å². The number of ether oxygens (including phenoxy) is 1. The lowest BCUT2D eigenvalue weighted by molar-refractivity contribution is 0.0820. The molecule has 0 aromatic carbocycles. The van der Waals surface area contributed by atoms with Gasteiger partial charge in [-0.2, -0.15) is 0 Å². The molecule has 2 rings (SSSR count). The molecule has 18 heavy (non-hydrogen) atoms. The van der Waals surface area contributed by atoms with Gasteiger partial charge in [0.05, 0.1) is 6.10 Å². The maximum Gasteiger partial charge on any atom is 0.129 e. The second-order valence-electron chi connectivity index (χ2n) is 4.70. The summed E-state index contributed by atoms with van der Waals surface area (Å²) in [6.07, 6.45) is 1.24. The van der Waals surface area contributed by atoms with E-state index in [1.807, 2.05) is 19.1 Å². The molecule has 5 heteroatoms. The van der Waals surface area contributed by atoms with Crippen molar-refractivity contribution in [2.24, 2.45) is 5.73 Å². The Labute approximate surface area is 113 Å². The molecule has 1 aromatic rings. The topological polar surface area (TPSA) is 51.4 Å². The third kappa shape index (κ3) is 3.17. The lowest BCUT2D eigenvalue weighted by Crippen LogP contribution is -2.31. The van der Waals surface area contributed by atoms with Crippen molar-refractivity contribution in [3.05, 3.63) is 23.4 Å². The summed E-state index contributed by atoms with van der Waals surface area (Å²) in [5.74, 6) is 0.940. The molecule has 0 radical (unpaired) electrons. The molecule has 2 N–H and O–H groups in total. The Morgan fingerprint density at radius 1 is 1.56 bits per heavy atom. The molecule has 1 fully saturated rings. The van der Waals surface area contributed by atoms with Crippen LogP contribution in [0.2, 0.25) is 0 Å². The summed E-state index contributed by atoms with van der Waals surface area (Å²) in [4.78, 5) is 7.23. The van der Waals surface area contributed by atoms with Crippen LogP contribution < -0.4 is 10.6 Å². The number of anilines is 1. The van der Waals surface area contributed by atoms with Crippen LogP contribution >= 0.6 is 12.2 Å². The zero-order valence-electron chi connectivity index (χ0n) is 10.8. The monoisotopic (exact) mass is 265 g/mol. The minimum Gasteiger partial charge on any atom is -0.389 e. The molecule has 1 atom stereocenters. The summed E-state index contributed by atoms with van der Waals surface area (Å²) in [6.45, 7) is 6.67. The van der Waals surface area contributed by atoms with Gasteiger partial charge >= 0.3 is 0 Å². The largest absolute Gasteiger partial charge is 0.389 e. The van der Waals surface area contributed by atoms with Crippen LogP contribution in [-0.2, 0) is 4.74 Å². The van der Waals surface area contributed by atoms with Gasteiger partial charge in [0.15, 0.2) is 0 Å². The third-order valence-corrected chi connectivity index (χ3v) is 3.24. The van der Waals surface area contributed by atoms with Crippen molar-refractivity contribution in [2.75, 3.05) is 24.6 Å². The van der Waals surface area contributed by atoms with Crippen molar-refractivity contribution < 1.29 is 4.74 Å². The number of aryl methyl sites for hydroxylation is 1. The SMILES string of the molecule is Cc1cc(C(N)=S)cc(N2CCCOC(C)C2)n1. The summed E-state index contributed by atoms with van der Waals surface area (Å²) >= 11 is 5.04. The molecule has 0 saturated carbocycles. The summed E-state index contributed by atoms with van der Waals surface area (Å²) < 4.78 is 5.64. The molecule has 0 amide bonds. The number of nitrogens with zero attached hydrogens (tertiary/aromatic N) is 2. The Morgan fingerprint density at radius 2 is 2.33 bits per heavy atom. The predicted octanol–water partition coefficient (Wildman–Crippen LogP) is 1.64. The lowest BCUT2D eigenvalue weighted by atomic mass is 10.2. The fourth-order valence-corrected chi connectivity index (χ4v) is 2.28. The quantitative estimate of drug-likeness (QED) is 0.824. The Kier molecular flexibility index (Phi) is 4.14. The number of rotatable bonds is 2. The van der Waals surface area contributed by atoms with E-state index in [0.717, 1.165) is 43.2 Å². The summed E-state index contributed by atoms with van der Waals surface area (Å²) in [6, 6.07) is 3.89. The fourth-order valence-electron chi connectivity index (χ4n) is 2.16. The molecular weight excluding hydrogens is 246 g/mol. The van der Waals surface area contributed by atoms with Crippen molar-refractivity contribution in [1.82, 2.24) is 4.98 Å². The molecule has 1 saturated heterocycles. The van der Waals surface area contributed by atoms with Gasteiger partial charge in [0.25, 0.3) is 0 Å². The Morgan fingerprint density at radius 3 is 3.06 bits per heavy atom. The first kappa shape index (κ1) is 13.2. The molecule has 1 aliphatic heterocycles. The van der Waals surface area contributed by atoms with Crippen LogP contribution in [0.1, 0.15) is 24.6 Å². The van der Waals surface area contributed by atoms with Gasteiger partial charge in [0.1, 0.15) is 10.8 Å². The number of aromatic nitrogens is 1. The molecular formula is C13H19N3OS. The average molecular weight is 265 g/mol. The normalized spacial score (nSPS) is 20.6. The van der Waals surface area contributed by atoms with Gasteiger partial charge in [-0.25, -0.2) is 4.98 Å². The molecule has 0 aliphatic carbocycles. The zero-order chi connectivity index (χ0) is 13.1. The first-order valence-corrected chi connectivity index (χ1v) is 6.62. The maximum absolute atomic E-state index is 5.70. The Balaban J connectivity index is 2.28. The number of thiocarbonyl (C=S) groups is 1. The second kappa shape index (κ2) is 5.63. The fraction of sp³-hybridized carbons (Fsp3) is 0.538. The second-order valence-corrected chi connectivity index (χ2v) is 5.14. The van der Waals surface area contributed by atoms with E-state index in [0.29, 0.717) is 4.99 Å². The minimum atomic E-state index is 0.225. The third-order valence-electron chi connectivity index (χ3n) is 3.00. The van der Waals surface area contributed by atoms with E-state index in [1.54, 1.807) is 0 Å². The number of pyridine rings is 1. The van der Waals surface area contributed by atoms with E-state index in [1.165, 1.54) is 0 Å². The van der Waals surface area contributed by atoms with E-state index in [4.69, 9.17) is 22.7 Å². The van der Waals surface area contributed by atoms with Crippen molar-refractivity contribution in [3.63, 3.8) is 0 Å². The van der Waals surface area contributed by atoms with Gasteiger partial charge in [0.2, 0.25) is 0 Å². The van der Waals surface area contributed by atoms with Crippen LogP contribution in [0.25, 0.3) is 0 Å². The highest BCUT2D eigenvalue weighted by Gasteiger charge is 2.17. The van der Waals surface area contributed by atoms with Crippen molar-refractivity contribution >= 4 is 23.0 Å². The van der Waals surface area contributed by atoms with E-state index in [2.05, 4.69) is 16.8 Å². The molecule has 98 valence electrons. The van der Waals surface area contributed by atoms with Gasteiger partial charge < -0.3 is 15.4 Å². The van der Waals surface area contributed by atoms with Crippen LogP contribution in [0.15, 0.2) is 12.1 Å². The zero-order valence-corrected chi connectivity index (χ0v) is 11.7. The molecule has 4 nitrogen and oxygen atoms in total. The molecule has 2 heterocycles. The van der Waals surface area contributed by atoms with Gasteiger partial charge in [-0.1, -0.05) is 12.2 Å². The summed E-state index contributed by atoms with van der Waals surface area (Å²) in [7, 11) is 0. The maximum atomic E-state index is 5.70. The van der Waals surface area contributed by atoms with Gasteiger partial charge in [-0.05, 0) is 32.4 Å². The van der Waals surface area contributed by atoms with Crippen LogP contribution in [0.4, 0.5) is 5.82 Å². The first-order chi connectivity index (χ1) is 8.56. The molecule has 1 unspecified atom stereocenters. The minimum absolute atomic E-state index is 0.225. The standard InChI is InChI=1S/C13H19N3OS/c1-9-6-11(13(14)18)7-12(15-9)16-4-3-5-17-10(2)8-16/h6-7,10H,3-5,8H2,1-2H3,(H2,14,18). The lowest BCUT2D eigenvalue weighted by Gasteiger charge is -2.24. The molecule has 0 spiro atoms. The predicted molar refractivity (Wildman–Crippen MR) is 77.1 cm³/mol. The first-order valence-electron chi connectivity index (χ1n) is 6.21. The van der Waals surface area contributed by atoms with Gasteiger partial charge in [-0.3, -0.25) is 0 Å². The highest BCUT2D eigenvalue weighted by atomic mass is 32.1. The smallest absolute Gasteiger partial charge is 0.129 e. The number of hydrogen-bond donors (Lipinski definition) is 1. The van der Waals surface area contributed by atoms with Crippen LogP contribution in [-0.4, -0.2) is 35.8 Å². The Bertz CT molecular complexity index is 450. The average Bonchev–Trinajstić information content (AvgIpc) is 2.53. The van der Waals surface area contributed by atoms with Crippen LogP contribution in [0.3, 0.4) is 0 Å².